The molecule has 1 saturated carbocycles. The van der Waals surface area contributed by atoms with Crippen LogP contribution in [-0.4, -0.2) is 23.1 Å². The van der Waals surface area contributed by atoms with Crippen LogP contribution in [0.2, 0.25) is 0 Å². The molecular formula is C24H44O4. The first-order valence-electron chi connectivity index (χ1n) is 11.8. The predicted molar refractivity (Wildman–Crippen MR) is 114 cm³/mol. The fourth-order valence-electron chi connectivity index (χ4n) is 4.27. The molecule has 4 heteroatoms. The van der Waals surface area contributed by atoms with E-state index >= 15 is 0 Å². The van der Waals surface area contributed by atoms with Gasteiger partial charge in [-0.3, -0.25) is 9.59 Å². The normalized spacial score (nSPS) is 20.9. The zero-order valence-electron chi connectivity index (χ0n) is 18.6. The molecule has 3 atom stereocenters. The van der Waals surface area contributed by atoms with Crippen molar-refractivity contribution in [1.82, 2.24) is 0 Å². The first kappa shape index (κ1) is 25.0. The summed E-state index contributed by atoms with van der Waals surface area (Å²) in [5.41, 5.74) is 0. The van der Waals surface area contributed by atoms with E-state index in [4.69, 9.17) is 4.74 Å². The Bertz CT molecular complexity index is 432. The van der Waals surface area contributed by atoms with Crippen molar-refractivity contribution >= 4 is 11.9 Å². The Morgan fingerprint density at radius 1 is 0.786 bits per heavy atom. The number of carbonyl (C=O) groups excluding carboxylic acids is 1. The van der Waals surface area contributed by atoms with E-state index in [1.165, 1.54) is 57.8 Å². The van der Waals surface area contributed by atoms with E-state index in [-0.39, 0.29) is 12.1 Å². The molecule has 0 heterocycles. The first-order chi connectivity index (χ1) is 13.4. The van der Waals surface area contributed by atoms with E-state index in [2.05, 4.69) is 13.8 Å². The minimum Gasteiger partial charge on any atom is -0.481 e. The largest absolute Gasteiger partial charge is 0.481 e. The van der Waals surface area contributed by atoms with Gasteiger partial charge in [0, 0.05) is 0 Å². The van der Waals surface area contributed by atoms with Gasteiger partial charge in [-0.05, 0) is 38.5 Å². The number of hydrogen-bond acceptors (Lipinski definition) is 3. The Kier molecular flexibility index (Phi) is 13.3. The Balaban J connectivity index is 2.02. The lowest BCUT2D eigenvalue weighted by molar-refractivity contribution is -0.163. The average Bonchev–Trinajstić information content (AvgIpc) is 2.65. The summed E-state index contributed by atoms with van der Waals surface area (Å²) in [5, 5.41) is 9.31. The molecule has 164 valence electrons. The lowest BCUT2D eigenvalue weighted by atomic mass is 9.79. The third kappa shape index (κ3) is 11.1. The fraction of sp³-hybridized carbons (Fsp3) is 0.917. The van der Waals surface area contributed by atoms with Gasteiger partial charge in [0.1, 0.15) is 0 Å². The van der Waals surface area contributed by atoms with Gasteiger partial charge in [0.2, 0.25) is 0 Å². The summed E-state index contributed by atoms with van der Waals surface area (Å²) in [6, 6.07) is 0. The van der Waals surface area contributed by atoms with Crippen molar-refractivity contribution in [2.24, 2.45) is 17.8 Å². The predicted octanol–water partition coefficient (Wildman–Crippen LogP) is 6.76. The third-order valence-corrected chi connectivity index (χ3v) is 6.10. The molecule has 1 aliphatic carbocycles. The summed E-state index contributed by atoms with van der Waals surface area (Å²) in [4.78, 5) is 23.7. The van der Waals surface area contributed by atoms with E-state index in [9.17, 15) is 14.7 Å². The SMILES string of the molecule is CC(C)CCCCCCCCCCCC(C)OC(=O)C1CCCCC1C(=O)O. The number of rotatable bonds is 15. The van der Waals surface area contributed by atoms with Crippen molar-refractivity contribution < 1.29 is 19.4 Å². The van der Waals surface area contributed by atoms with E-state index in [0.717, 1.165) is 31.6 Å². The average molecular weight is 397 g/mol. The standard InChI is InChI=1S/C24H44O4/c1-19(2)15-11-9-7-5-4-6-8-10-12-16-20(3)28-24(27)22-18-14-13-17-21(22)23(25)26/h19-22H,4-18H2,1-3H3,(H,25,26). The van der Waals surface area contributed by atoms with Crippen molar-refractivity contribution in [2.75, 3.05) is 0 Å². The molecular weight excluding hydrogens is 352 g/mol. The van der Waals surface area contributed by atoms with Crippen molar-refractivity contribution in [3.63, 3.8) is 0 Å². The fourth-order valence-corrected chi connectivity index (χ4v) is 4.27. The molecule has 0 aromatic heterocycles. The summed E-state index contributed by atoms with van der Waals surface area (Å²) >= 11 is 0. The summed E-state index contributed by atoms with van der Waals surface area (Å²) in [5.74, 6) is -1.32. The van der Waals surface area contributed by atoms with Crippen molar-refractivity contribution in [1.29, 1.82) is 0 Å². The Hall–Kier alpha value is -1.06. The smallest absolute Gasteiger partial charge is 0.310 e. The zero-order valence-corrected chi connectivity index (χ0v) is 18.6. The van der Waals surface area contributed by atoms with Crippen LogP contribution in [0.25, 0.3) is 0 Å². The number of unbranched alkanes of at least 4 members (excludes halogenated alkanes) is 8. The minimum atomic E-state index is -0.853. The molecule has 1 N–H and O–H groups in total. The van der Waals surface area contributed by atoms with Crippen LogP contribution in [0.4, 0.5) is 0 Å². The second kappa shape index (κ2) is 14.9. The Morgan fingerprint density at radius 3 is 1.75 bits per heavy atom. The molecule has 0 aromatic rings. The lowest BCUT2D eigenvalue weighted by Crippen LogP contribution is -2.35. The quantitative estimate of drug-likeness (QED) is 0.245. The highest BCUT2D eigenvalue weighted by atomic mass is 16.5. The highest BCUT2D eigenvalue weighted by molar-refractivity contribution is 5.81. The van der Waals surface area contributed by atoms with Gasteiger partial charge in [0.15, 0.2) is 0 Å². The molecule has 0 bridgehead atoms. The molecule has 0 radical (unpaired) electrons. The summed E-state index contributed by atoms with van der Waals surface area (Å²) in [6.45, 7) is 6.53. The van der Waals surface area contributed by atoms with Crippen LogP contribution in [0.5, 0.6) is 0 Å². The maximum Gasteiger partial charge on any atom is 0.310 e. The molecule has 1 rings (SSSR count). The van der Waals surface area contributed by atoms with Crippen LogP contribution in [0.1, 0.15) is 117 Å². The van der Waals surface area contributed by atoms with Crippen LogP contribution < -0.4 is 0 Å². The number of carbonyl (C=O) groups is 2. The molecule has 0 saturated heterocycles. The monoisotopic (exact) mass is 396 g/mol. The van der Waals surface area contributed by atoms with Crippen molar-refractivity contribution in [3.05, 3.63) is 0 Å². The van der Waals surface area contributed by atoms with Gasteiger partial charge in [0.25, 0.3) is 0 Å². The third-order valence-electron chi connectivity index (χ3n) is 6.10. The van der Waals surface area contributed by atoms with Crippen molar-refractivity contribution in [3.8, 4) is 0 Å². The molecule has 3 unspecified atom stereocenters. The van der Waals surface area contributed by atoms with Gasteiger partial charge < -0.3 is 9.84 Å². The molecule has 28 heavy (non-hydrogen) atoms. The van der Waals surface area contributed by atoms with Crippen LogP contribution in [0, 0.1) is 17.8 Å². The number of ether oxygens (including phenoxy) is 1. The van der Waals surface area contributed by atoms with Gasteiger partial charge in [-0.1, -0.05) is 84.5 Å². The molecule has 4 nitrogen and oxygen atoms in total. The lowest BCUT2D eigenvalue weighted by Gasteiger charge is -2.28. The van der Waals surface area contributed by atoms with E-state index in [0.29, 0.717) is 12.8 Å². The molecule has 0 amide bonds. The van der Waals surface area contributed by atoms with Crippen molar-refractivity contribution in [2.45, 2.75) is 123 Å². The second-order valence-corrected chi connectivity index (χ2v) is 9.24. The number of hydrogen-bond donors (Lipinski definition) is 1. The molecule has 1 aliphatic rings. The highest BCUT2D eigenvalue weighted by Gasteiger charge is 2.37. The summed E-state index contributed by atoms with van der Waals surface area (Å²) in [6.07, 6.45) is 16.9. The minimum absolute atomic E-state index is 0.107. The van der Waals surface area contributed by atoms with Gasteiger partial charge >= 0.3 is 11.9 Å². The molecule has 0 spiro atoms. The maximum absolute atomic E-state index is 12.4. The molecule has 1 fully saturated rings. The Morgan fingerprint density at radius 2 is 1.25 bits per heavy atom. The first-order valence-corrected chi connectivity index (χ1v) is 11.8. The second-order valence-electron chi connectivity index (χ2n) is 9.24. The van der Waals surface area contributed by atoms with Gasteiger partial charge in [-0.25, -0.2) is 0 Å². The van der Waals surface area contributed by atoms with Crippen LogP contribution in [0.15, 0.2) is 0 Å². The Labute approximate surface area is 172 Å². The van der Waals surface area contributed by atoms with E-state index in [1.807, 2.05) is 6.92 Å². The summed E-state index contributed by atoms with van der Waals surface area (Å²) in [7, 11) is 0. The number of esters is 1. The number of carboxylic acids is 1. The highest BCUT2D eigenvalue weighted by Crippen LogP contribution is 2.31. The number of aliphatic carboxylic acids is 1. The summed E-state index contributed by atoms with van der Waals surface area (Å²) < 4.78 is 5.57. The molecule has 0 aromatic carbocycles. The number of carboxylic acid groups (broad SMARTS) is 1. The maximum atomic E-state index is 12.4. The van der Waals surface area contributed by atoms with Crippen LogP contribution in [0.3, 0.4) is 0 Å². The topological polar surface area (TPSA) is 63.6 Å². The molecule has 0 aliphatic heterocycles. The van der Waals surface area contributed by atoms with E-state index < -0.39 is 17.8 Å². The van der Waals surface area contributed by atoms with E-state index in [1.54, 1.807) is 0 Å². The van der Waals surface area contributed by atoms with Crippen LogP contribution in [-0.2, 0) is 14.3 Å². The van der Waals surface area contributed by atoms with Gasteiger partial charge in [-0.15, -0.1) is 0 Å². The van der Waals surface area contributed by atoms with Crippen LogP contribution >= 0.6 is 0 Å². The zero-order chi connectivity index (χ0) is 20.8. The van der Waals surface area contributed by atoms with Gasteiger partial charge in [0.05, 0.1) is 17.9 Å². The van der Waals surface area contributed by atoms with Gasteiger partial charge in [-0.2, -0.15) is 0 Å².